The van der Waals surface area contributed by atoms with Crippen LogP contribution in [0.5, 0.6) is 0 Å². The molecule has 0 aliphatic carbocycles. The Morgan fingerprint density at radius 2 is 1.33 bits per heavy atom. The fourth-order valence-electron chi connectivity index (χ4n) is 0. The Kier molecular flexibility index (Phi) is 26.2. The van der Waals surface area contributed by atoms with Crippen molar-refractivity contribution in [1.82, 2.24) is 0 Å². The van der Waals surface area contributed by atoms with Gasteiger partial charge in [0.1, 0.15) is 0 Å². The van der Waals surface area contributed by atoms with Gasteiger partial charge in [0.25, 0.3) is 0 Å². The molecule has 1 N–H and O–H groups in total. The van der Waals surface area contributed by atoms with Crippen LogP contribution in [0.4, 0.5) is 0 Å². The van der Waals surface area contributed by atoms with Crippen LogP contribution in [0.3, 0.4) is 0 Å². The van der Waals surface area contributed by atoms with Crippen molar-refractivity contribution >= 4 is 66.1 Å². The molecule has 6 heteroatoms. The molecule has 0 rings (SSSR count). The monoisotopic (exact) mass is 232 g/mol. The second kappa shape index (κ2) is 10.0. The Hall–Kier alpha value is 1.95. The van der Waals surface area contributed by atoms with Gasteiger partial charge in [-0.3, -0.25) is 0 Å². The maximum atomic E-state index is 8.53. The minimum Gasteiger partial charge on any atom is -0.871 e. The first kappa shape index (κ1) is 15.7. The third-order valence-corrected chi connectivity index (χ3v) is 0. The SMILES string of the molecule is P.[Ba+2].[O-]B([O-])O. The minimum atomic E-state index is -2.67. The van der Waals surface area contributed by atoms with Crippen LogP contribution in [0.1, 0.15) is 0 Å². The molecule has 0 spiro atoms. The van der Waals surface area contributed by atoms with E-state index in [1.807, 2.05) is 0 Å². The Labute approximate surface area is 80.0 Å². The second-order valence-electron chi connectivity index (χ2n) is 0.307. The van der Waals surface area contributed by atoms with Gasteiger partial charge in [0.2, 0.25) is 0 Å². The Morgan fingerprint density at radius 3 is 1.33 bits per heavy atom. The summed E-state index contributed by atoms with van der Waals surface area (Å²) in [6.45, 7) is 0. The predicted molar refractivity (Wildman–Crippen MR) is 24.8 cm³/mol. The van der Waals surface area contributed by atoms with E-state index in [0.29, 0.717) is 0 Å². The van der Waals surface area contributed by atoms with E-state index in [-0.39, 0.29) is 58.8 Å². The van der Waals surface area contributed by atoms with E-state index < -0.39 is 7.32 Å². The number of hydrogen-bond acceptors (Lipinski definition) is 3. The zero-order chi connectivity index (χ0) is 3.58. The van der Waals surface area contributed by atoms with E-state index in [2.05, 4.69) is 0 Å². The quantitative estimate of drug-likeness (QED) is 0.345. The summed E-state index contributed by atoms with van der Waals surface area (Å²) in [7, 11) is -2.67. The van der Waals surface area contributed by atoms with Crippen molar-refractivity contribution in [3.63, 3.8) is 0 Å². The summed E-state index contributed by atoms with van der Waals surface area (Å²) in [5, 5.41) is 24.0. The van der Waals surface area contributed by atoms with Crippen LogP contribution in [0.2, 0.25) is 0 Å². The van der Waals surface area contributed by atoms with Gasteiger partial charge in [-0.05, 0) is 0 Å². The second-order valence-corrected chi connectivity index (χ2v) is 0.307. The molecule has 0 aromatic carbocycles. The molecule has 3 nitrogen and oxygen atoms in total. The van der Waals surface area contributed by atoms with Crippen LogP contribution < -0.4 is 10.0 Å². The average molecular weight is 231 g/mol. The van der Waals surface area contributed by atoms with Crippen LogP contribution in [0, 0.1) is 0 Å². The molecule has 0 radical (unpaired) electrons. The predicted octanol–water partition coefficient (Wildman–Crippen LogP) is -3.64. The van der Waals surface area contributed by atoms with Gasteiger partial charge < -0.3 is 15.1 Å². The molecule has 1 unspecified atom stereocenters. The third kappa shape index (κ3) is 38.4. The Bertz CT molecular complexity index is 15.5. The van der Waals surface area contributed by atoms with E-state index >= 15 is 0 Å². The third-order valence-electron chi connectivity index (χ3n) is 0. The Balaban J connectivity index is -0.0000000450. The van der Waals surface area contributed by atoms with Gasteiger partial charge in [0.15, 0.2) is 0 Å². The van der Waals surface area contributed by atoms with E-state index in [4.69, 9.17) is 15.1 Å². The molecule has 0 aromatic heterocycles. The van der Waals surface area contributed by atoms with Gasteiger partial charge in [-0.2, -0.15) is 9.90 Å². The Morgan fingerprint density at radius 1 is 1.33 bits per heavy atom. The summed E-state index contributed by atoms with van der Waals surface area (Å²) in [5.41, 5.74) is 0. The van der Waals surface area contributed by atoms with Crippen LogP contribution >= 0.6 is 9.90 Å². The van der Waals surface area contributed by atoms with Gasteiger partial charge in [-0.1, -0.05) is 0 Å². The summed E-state index contributed by atoms with van der Waals surface area (Å²) in [6, 6.07) is 0. The molecule has 0 saturated carbocycles. The largest absolute Gasteiger partial charge is 2.00 e. The maximum Gasteiger partial charge on any atom is 2.00 e. The molecule has 1 atom stereocenters. The first-order valence-corrected chi connectivity index (χ1v) is 0.730. The molecule has 0 bridgehead atoms. The van der Waals surface area contributed by atoms with E-state index in [1.54, 1.807) is 0 Å². The molecule has 0 amide bonds. The molecule has 0 aromatic rings. The molecule has 0 heterocycles. The van der Waals surface area contributed by atoms with Crippen molar-refractivity contribution in [2.24, 2.45) is 0 Å². The molecular weight excluding hydrogens is 227 g/mol. The summed E-state index contributed by atoms with van der Waals surface area (Å²) in [6.07, 6.45) is 0. The molecule has 0 aliphatic heterocycles. The van der Waals surface area contributed by atoms with E-state index in [9.17, 15) is 0 Å². The molecule has 32 valence electrons. The van der Waals surface area contributed by atoms with E-state index in [1.165, 1.54) is 0 Å². The standard InChI is InChI=1S/BHO3.Ba.H3P/c2-1(3)4;;/h2H;;1H3/q-2;+2;. The van der Waals surface area contributed by atoms with Crippen LogP contribution in [-0.4, -0.2) is 61.2 Å². The molecule has 0 fully saturated rings. The van der Waals surface area contributed by atoms with Gasteiger partial charge in [0, 0.05) is 0 Å². The van der Waals surface area contributed by atoms with E-state index in [0.717, 1.165) is 0 Å². The zero-order valence-electron chi connectivity index (χ0n) is 3.26. The van der Waals surface area contributed by atoms with Gasteiger partial charge in [0.05, 0.1) is 7.32 Å². The van der Waals surface area contributed by atoms with Gasteiger partial charge in [-0.15, -0.1) is 0 Å². The maximum absolute atomic E-state index is 8.53. The molecule has 0 aliphatic rings. The summed E-state index contributed by atoms with van der Waals surface area (Å²) < 4.78 is 0. The summed E-state index contributed by atoms with van der Waals surface area (Å²) in [5.74, 6) is 0. The first-order valence-electron chi connectivity index (χ1n) is 0.730. The molecular formula is H4BBaO3P. The van der Waals surface area contributed by atoms with Crippen LogP contribution in [0.25, 0.3) is 0 Å². The van der Waals surface area contributed by atoms with Crippen molar-refractivity contribution in [2.45, 2.75) is 0 Å². The van der Waals surface area contributed by atoms with Crippen molar-refractivity contribution in [3.8, 4) is 0 Å². The van der Waals surface area contributed by atoms with Crippen LogP contribution in [-0.2, 0) is 0 Å². The van der Waals surface area contributed by atoms with Crippen molar-refractivity contribution in [2.75, 3.05) is 0 Å². The normalized spacial score (nSPS) is 4.50. The fourth-order valence-corrected chi connectivity index (χ4v) is 0. The van der Waals surface area contributed by atoms with Crippen LogP contribution in [0.15, 0.2) is 0 Å². The van der Waals surface area contributed by atoms with Crippen molar-refractivity contribution in [1.29, 1.82) is 0 Å². The molecule has 6 heavy (non-hydrogen) atoms. The molecule has 0 saturated heterocycles. The van der Waals surface area contributed by atoms with Crippen molar-refractivity contribution < 1.29 is 15.1 Å². The zero-order valence-corrected chi connectivity index (χ0v) is 9.11. The number of rotatable bonds is 0. The smallest absolute Gasteiger partial charge is 0.871 e. The minimum absolute atomic E-state index is 0. The fraction of sp³-hybridized carbons (Fsp3) is 0. The first-order chi connectivity index (χ1) is 1.73. The average Bonchev–Trinajstić information content (AvgIpc) is 0.811. The van der Waals surface area contributed by atoms with Gasteiger partial charge >= 0.3 is 48.9 Å². The number of hydrogen-bond donors (Lipinski definition) is 1. The summed E-state index contributed by atoms with van der Waals surface area (Å²) >= 11 is 0. The topological polar surface area (TPSA) is 66.3 Å². The van der Waals surface area contributed by atoms with Gasteiger partial charge in [-0.25, -0.2) is 0 Å². The van der Waals surface area contributed by atoms with Crippen molar-refractivity contribution in [3.05, 3.63) is 0 Å². The summed E-state index contributed by atoms with van der Waals surface area (Å²) in [4.78, 5) is 0.